The first-order valence-corrected chi connectivity index (χ1v) is 27.8. The highest BCUT2D eigenvalue weighted by atomic mass is 19.4. The van der Waals surface area contributed by atoms with Crippen molar-refractivity contribution in [3.8, 4) is 17.2 Å². The highest BCUT2D eigenvalue weighted by molar-refractivity contribution is 6.19. The molecule has 6 aliphatic rings. The average Bonchev–Trinajstić information content (AvgIpc) is 3.81. The number of nitrogen functional groups attached to an aromatic ring is 1. The largest absolute Gasteiger partial charge is 0.507 e. The molecule has 2 fully saturated rings. The molecule has 3 unspecified atom stereocenters. The lowest BCUT2D eigenvalue weighted by Crippen LogP contribution is -2.50. The number of phenols is 2. The van der Waals surface area contributed by atoms with Crippen molar-refractivity contribution < 1.29 is 72.1 Å². The number of ether oxygens (including phenoxy) is 3. The number of piperidine rings is 2. The standard InChI is InChI=1S/C58H75F3N8O11.CH4O/c1-29(2)28-67-23-19-57(20-24-67)65-45-42-43-50(74)35(8)53-44(42)54(76)56(9,80-53)78-25-11-14-31(4)52(34(7)49(73)33(6)48(72)30(3)12-10-13-32(5)55(77)64-47(51(43)75)46(45)66-57)79-41(71)27-40(70)68-21-17-37(18-22-68)69(63)39-16-15-36(26-38(39)62)58(59,60)61;1-2/h10-13,15-16,25-26,29-31,33-34,37,48-49,52,72-75H,14,17-24,27-28,62-63H2,1-9H3,(H,64,77);2H,1H3/b12-10+,25-11+,32-13-;/t30?,31-,33-,34-,48+,49?,52?,56+;/m1./s1. The smallest absolute Gasteiger partial charge is 0.416 e. The Bertz CT molecular complexity index is 3150. The number of phenolic OH excluding ortho intramolecular Hbond substituents is 2. The van der Waals surface area contributed by atoms with Crippen LogP contribution in [0.15, 0.2) is 64.3 Å². The summed E-state index contributed by atoms with van der Waals surface area (Å²) in [5, 5.41) is 59.1. The molecule has 2 saturated heterocycles. The average molecular weight is 1150 g/mol. The number of anilines is 3. The van der Waals surface area contributed by atoms with Crippen molar-refractivity contribution in [2.75, 3.05) is 55.9 Å². The van der Waals surface area contributed by atoms with Crippen LogP contribution in [0.1, 0.15) is 115 Å². The van der Waals surface area contributed by atoms with E-state index in [4.69, 9.17) is 40.9 Å². The number of hydrogen-bond acceptors (Lipinski definition) is 18. The predicted molar refractivity (Wildman–Crippen MR) is 301 cm³/mol. The maximum atomic E-state index is 14.9. The summed E-state index contributed by atoms with van der Waals surface area (Å²) in [6.07, 6.45) is 0.773. The van der Waals surface area contributed by atoms with Crippen LogP contribution in [0, 0.1) is 36.5 Å². The zero-order chi connectivity index (χ0) is 60.5. The van der Waals surface area contributed by atoms with Crippen molar-refractivity contribution in [1.29, 1.82) is 0 Å². The van der Waals surface area contributed by atoms with E-state index in [9.17, 15) is 52.8 Å². The van der Waals surface area contributed by atoms with E-state index in [0.29, 0.717) is 44.7 Å². The van der Waals surface area contributed by atoms with Gasteiger partial charge in [0.25, 0.3) is 11.7 Å². The molecule has 6 heterocycles. The Morgan fingerprint density at radius 1 is 0.951 bits per heavy atom. The van der Waals surface area contributed by atoms with Gasteiger partial charge in [-0.25, -0.2) is 5.84 Å². The monoisotopic (exact) mass is 1150 g/mol. The number of alkyl halides is 3. The molecule has 448 valence electrons. The number of hydrazine groups is 1. The van der Waals surface area contributed by atoms with Crippen LogP contribution in [-0.4, -0.2) is 135 Å². The SMILES string of the molecule is C/C1=C/C=C/C(C)[C@H](O)[C@@H](C)C(O)[C@@H](C)C(OC(=O)CC(=O)N2CCC(N(N)c3ccc(C(F)(F)F)cc3N)CC2)[C@H](C)C/C=C/O[C@@]2(C)Oc3c(C)c(O)c4c(O)c(c5c(c4c3C2=O)=NC2(CCN(CC(C)C)CC2)N=5)NC1=O.CO. The van der Waals surface area contributed by atoms with Crippen molar-refractivity contribution in [3.05, 3.63) is 81.7 Å². The fraction of sp³-hybridized carbons (Fsp3) is 0.559. The molecule has 0 aromatic heterocycles. The molecular weight excluding hydrogens is 1070 g/mol. The first-order valence-electron chi connectivity index (χ1n) is 27.8. The Morgan fingerprint density at radius 3 is 2.22 bits per heavy atom. The Labute approximate surface area is 474 Å². The van der Waals surface area contributed by atoms with Crippen molar-refractivity contribution in [2.45, 2.75) is 143 Å². The maximum absolute atomic E-state index is 14.9. The second kappa shape index (κ2) is 25.0. The number of hydrogen-bond donors (Lipinski definition) is 8. The summed E-state index contributed by atoms with van der Waals surface area (Å²) in [6, 6.07) is 2.54. The number of aliphatic hydroxyl groups excluding tert-OH is 3. The Hall–Kier alpha value is -6.79. The molecule has 1 spiro atoms. The van der Waals surface area contributed by atoms with Gasteiger partial charge in [0.05, 0.1) is 51.7 Å². The third kappa shape index (κ3) is 12.7. The highest BCUT2D eigenvalue weighted by Crippen LogP contribution is 2.50. The normalized spacial score (nSPS) is 27.7. The number of likely N-dealkylation sites (tertiary alicyclic amines) is 2. The van der Waals surface area contributed by atoms with Crippen LogP contribution in [-0.2, 0) is 30.0 Å². The van der Waals surface area contributed by atoms with Crippen molar-refractivity contribution in [1.82, 2.24) is 9.80 Å². The molecule has 23 heteroatoms. The summed E-state index contributed by atoms with van der Waals surface area (Å²) < 4.78 is 58.4. The van der Waals surface area contributed by atoms with Gasteiger partial charge in [-0.3, -0.25) is 29.2 Å². The Kier molecular flexibility index (Phi) is 19.1. The number of fused-ring (bicyclic) bond motifs is 13. The number of carbonyl (C=O) groups excluding carboxylic acids is 4. The fourth-order valence-corrected chi connectivity index (χ4v) is 11.7. The van der Waals surface area contributed by atoms with Gasteiger partial charge in [0, 0.05) is 99.9 Å². The fourth-order valence-electron chi connectivity index (χ4n) is 11.7. The number of halogens is 3. The van der Waals surface area contributed by atoms with Crippen LogP contribution in [0.5, 0.6) is 17.2 Å². The van der Waals surface area contributed by atoms with Gasteiger partial charge in [0.15, 0.2) is 11.4 Å². The number of aromatic hydroxyl groups is 2. The number of nitrogens with zero attached hydrogens (tertiary/aromatic N) is 5. The van der Waals surface area contributed by atoms with Gasteiger partial charge < -0.3 is 65.6 Å². The van der Waals surface area contributed by atoms with Crippen molar-refractivity contribution >= 4 is 51.4 Å². The van der Waals surface area contributed by atoms with Gasteiger partial charge in [0.2, 0.25) is 5.91 Å². The number of nitrogens with one attached hydrogen (secondary N) is 1. The Morgan fingerprint density at radius 2 is 1.60 bits per heavy atom. The molecule has 3 aromatic rings. The number of benzene rings is 3. The number of aliphatic hydroxyl groups is 3. The van der Waals surface area contributed by atoms with Crippen molar-refractivity contribution in [3.63, 3.8) is 0 Å². The minimum atomic E-state index is -4.59. The molecule has 8 atom stereocenters. The molecule has 0 aliphatic carbocycles. The van der Waals surface area contributed by atoms with E-state index in [1.54, 1.807) is 52.8 Å². The number of allylic oxidation sites excluding steroid dienone is 3. The van der Waals surface area contributed by atoms with E-state index in [2.05, 4.69) is 24.1 Å². The lowest BCUT2D eigenvalue weighted by molar-refractivity contribution is -0.162. The van der Waals surface area contributed by atoms with E-state index >= 15 is 0 Å². The number of esters is 1. The van der Waals surface area contributed by atoms with Gasteiger partial charge in [0.1, 0.15) is 35.1 Å². The van der Waals surface area contributed by atoms with Crippen LogP contribution < -0.4 is 37.4 Å². The number of amides is 2. The molecule has 20 nitrogen and oxygen atoms in total. The van der Waals surface area contributed by atoms with Crippen LogP contribution in [0.25, 0.3) is 10.8 Å². The lowest BCUT2D eigenvalue weighted by atomic mass is 9.79. The Balaban J connectivity index is 0.00000479. The molecule has 3 aromatic carbocycles. The molecule has 5 bridgehead atoms. The molecular formula is C59H79F3N8O12. The molecule has 82 heavy (non-hydrogen) atoms. The summed E-state index contributed by atoms with van der Waals surface area (Å²) in [6.45, 7) is 18.2. The van der Waals surface area contributed by atoms with E-state index < -0.39 is 107 Å². The summed E-state index contributed by atoms with van der Waals surface area (Å²) in [7, 11) is 1.00. The number of rotatable bonds is 7. The molecule has 6 aliphatic heterocycles. The third-order valence-corrected chi connectivity index (χ3v) is 16.6. The summed E-state index contributed by atoms with van der Waals surface area (Å²) in [5.41, 5.74) is 4.33. The van der Waals surface area contributed by atoms with Crippen LogP contribution in [0.4, 0.5) is 30.2 Å². The topological polar surface area (TPSA) is 296 Å². The third-order valence-electron chi connectivity index (χ3n) is 16.6. The zero-order valence-corrected chi connectivity index (χ0v) is 48.2. The summed E-state index contributed by atoms with van der Waals surface area (Å²) >= 11 is 0. The van der Waals surface area contributed by atoms with Crippen LogP contribution >= 0.6 is 0 Å². The minimum absolute atomic E-state index is 0.00302. The van der Waals surface area contributed by atoms with Crippen LogP contribution in [0.2, 0.25) is 0 Å². The van der Waals surface area contributed by atoms with E-state index in [-0.39, 0.29) is 86.6 Å². The van der Waals surface area contributed by atoms with Crippen molar-refractivity contribution in [2.24, 2.45) is 45.4 Å². The highest BCUT2D eigenvalue weighted by Gasteiger charge is 2.50. The van der Waals surface area contributed by atoms with Crippen LogP contribution in [0.3, 0.4) is 0 Å². The number of ketones is 1. The first-order chi connectivity index (χ1) is 38.6. The maximum Gasteiger partial charge on any atom is 0.416 e. The summed E-state index contributed by atoms with van der Waals surface area (Å²) in [5.74, 6) is -1.62. The van der Waals surface area contributed by atoms with E-state index in [1.807, 2.05) is 0 Å². The molecule has 0 saturated carbocycles. The number of Topliss-reactive ketones (excluding diaryl/α,β-unsaturated/α-hetero) is 1. The molecule has 0 radical (unpaired) electrons. The van der Waals surface area contributed by atoms with Gasteiger partial charge in [-0.05, 0) is 69.2 Å². The second-order valence-electron chi connectivity index (χ2n) is 23.0. The molecule has 9 rings (SSSR count). The number of nitrogens with two attached hydrogens (primary N) is 2. The second-order valence-corrected chi connectivity index (χ2v) is 23.0. The van der Waals surface area contributed by atoms with Gasteiger partial charge in [-0.1, -0.05) is 59.8 Å². The zero-order valence-electron chi connectivity index (χ0n) is 48.2. The van der Waals surface area contributed by atoms with E-state index in [0.717, 1.165) is 25.8 Å². The first kappa shape index (κ1) is 62.8. The van der Waals surface area contributed by atoms with Gasteiger partial charge in [-0.2, -0.15) is 13.2 Å². The lowest BCUT2D eigenvalue weighted by Gasteiger charge is -2.38. The minimum Gasteiger partial charge on any atom is -0.507 e. The molecule has 10 N–H and O–H groups in total. The van der Waals surface area contributed by atoms with Gasteiger partial charge >= 0.3 is 17.9 Å². The predicted octanol–water partition coefficient (Wildman–Crippen LogP) is 6.08. The van der Waals surface area contributed by atoms with E-state index in [1.165, 1.54) is 42.2 Å². The number of carbonyl (C=O) groups is 4. The van der Waals surface area contributed by atoms with Gasteiger partial charge in [-0.15, -0.1) is 0 Å². The molecule has 2 amide bonds. The quantitative estimate of drug-likeness (QED) is 0.0332. The summed E-state index contributed by atoms with van der Waals surface area (Å²) in [4.78, 5) is 70.5.